The summed E-state index contributed by atoms with van der Waals surface area (Å²) in [6.07, 6.45) is 69.4. The molecular weight excluding hydrogens is 653 g/mol. The van der Waals surface area contributed by atoms with Gasteiger partial charge < -0.3 is 9.80 Å². The van der Waals surface area contributed by atoms with E-state index in [9.17, 15) is 0 Å². The first-order valence-corrected chi connectivity index (χ1v) is 26.0. The van der Waals surface area contributed by atoms with Gasteiger partial charge in [-0.25, -0.2) is 0 Å². The second kappa shape index (κ2) is 43.5. The van der Waals surface area contributed by atoms with E-state index < -0.39 is 0 Å². The molecule has 2 nitrogen and oxygen atoms in total. The van der Waals surface area contributed by atoms with E-state index in [2.05, 4.69) is 43.0 Å². The SMILES string of the molecule is CCCCCCCCCCCCCCCCCCCN1C=CN(CCCCCCCCCCCCCCC)C1CCCCCCCCCCCCCCC. The summed E-state index contributed by atoms with van der Waals surface area (Å²) in [5, 5.41) is 0. The molecule has 1 unspecified atom stereocenters. The molecule has 0 saturated carbocycles. The fourth-order valence-corrected chi connectivity index (χ4v) is 9.02. The molecule has 1 aliphatic heterocycles. The second-order valence-electron chi connectivity index (χ2n) is 18.2. The predicted octanol–water partition coefficient (Wildman–Crippen LogP) is 18.6. The summed E-state index contributed by atoms with van der Waals surface area (Å²) in [6.45, 7) is 9.50. The lowest BCUT2D eigenvalue weighted by molar-refractivity contribution is 0.135. The number of hydrogen-bond acceptors (Lipinski definition) is 2. The molecule has 1 heterocycles. The van der Waals surface area contributed by atoms with Gasteiger partial charge in [-0.3, -0.25) is 0 Å². The van der Waals surface area contributed by atoms with E-state index in [0.29, 0.717) is 6.17 Å². The lowest BCUT2D eigenvalue weighted by atomic mass is 10.0. The molecular formula is C52H104N2. The van der Waals surface area contributed by atoms with Crippen LogP contribution >= 0.6 is 0 Å². The smallest absolute Gasteiger partial charge is 0.101 e. The molecule has 0 aromatic heterocycles. The maximum absolute atomic E-state index is 2.74. The van der Waals surface area contributed by atoms with Gasteiger partial charge in [-0.2, -0.15) is 0 Å². The zero-order chi connectivity index (χ0) is 38.7. The van der Waals surface area contributed by atoms with Gasteiger partial charge >= 0.3 is 0 Å². The highest BCUT2D eigenvalue weighted by Gasteiger charge is 2.25. The summed E-state index contributed by atoms with van der Waals surface area (Å²) in [6, 6.07) is 0. The van der Waals surface area contributed by atoms with E-state index in [1.165, 1.54) is 296 Å². The highest BCUT2D eigenvalue weighted by molar-refractivity contribution is 4.97. The highest BCUT2D eigenvalue weighted by atomic mass is 15.4. The monoisotopic (exact) mass is 757 g/mol. The number of nitrogens with zero attached hydrogens (tertiary/aromatic N) is 2. The van der Waals surface area contributed by atoms with Crippen molar-refractivity contribution < 1.29 is 0 Å². The van der Waals surface area contributed by atoms with Crippen LogP contribution in [0.1, 0.15) is 303 Å². The van der Waals surface area contributed by atoms with E-state index in [4.69, 9.17) is 0 Å². The average Bonchev–Trinajstić information content (AvgIpc) is 3.57. The summed E-state index contributed by atoms with van der Waals surface area (Å²) in [7, 11) is 0. The topological polar surface area (TPSA) is 6.48 Å². The maximum Gasteiger partial charge on any atom is 0.101 e. The van der Waals surface area contributed by atoms with E-state index in [0.717, 1.165) is 0 Å². The van der Waals surface area contributed by atoms with Crippen molar-refractivity contribution in [1.29, 1.82) is 0 Å². The Kier molecular flexibility index (Phi) is 41.3. The van der Waals surface area contributed by atoms with Crippen LogP contribution in [0.3, 0.4) is 0 Å². The van der Waals surface area contributed by atoms with E-state index in [1.807, 2.05) is 0 Å². The van der Waals surface area contributed by atoms with Crippen LogP contribution in [0.25, 0.3) is 0 Å². The Morgan fingerprint density at radius 2 is 0.426 bits per heavy atom. The van der Waals surface area contributed by atoms with Gasteiger partial charge in [-0.15, -0.1) is 0 Å². The third kappa shape index (κ3) is 34.6. The van der Waals surface area contributed by atoms with Gasteiger partial charge in [-0.1, -0.05) is 278 Å². The Balaban J connectivity index is 2.18. The Morgan fingerprint density at radius 1 is 0.241 bits per heavy atom. The highest BCUT2D eigenvalue weighted by Crippen LogP contribution is 2.24. The molecule has 0 amide bonds. The lowest BCUT2D eigenvalue weighted by Gasteiger charge is -2.33. The van der Waals surface area contributed by atoms with Crippen LogP contribution in [0.2, 0.25) is 0 Å². The Bertz CT molecular complexity index is 717. The van der Waals surface area contributed by atoms with Crippen molar-refractivity contribution >= 4 is 0 Å². The summed E-state index contributed by atoms with van der Waals surface area (Å²) in [5.74, 6) is 0. The van der Waals surface area contributed by atoms with Crippen molar-refractivity contribution in [1.82, 2.24) is 9.80 Å². The van der Waals surface area contributed by atoms with Crippen LogP contribution < -0.4 is 0 Å². The molecule has 1 atom stereocenters. The van der Waals surface area contributed by atoms with Crippen molar-refractivity contribution in [3.05, 3.63) is 12.4 Å². The summed E-state index contributed by atoms with van der Waals surface area (Å²) >= 11 is 0. The Labute approximate surface area is 343 Å². The van der Waals surface area contributed by atoms with Gasteiger partial charge in [0.05, 0.1) is 0 Å². The van der Waals surface area contributed by atoms with Crippen LogP contribution in [0.15, 0.2) is 12.4 Å². The van der Waals surface area contributed by atoms with Gasteiger partial charge in [-0.05, 0) is 25.7 Å². The molecule has 1 rings (SSSR count). The zero-order valence-electron chi connectivity index (χ0n) is 38.2. The van der Waals surface area contributed by atoms with Crippen LogP contribution in [-0.2, 0) is 0 Å². The minimum absolute atomic E-state index is 0.635. The van der Waals surface area contributed by atoms with Crippen molar-refractivity contribution in [2.24, 2.45) is 0 Å². The number of hydrogen-bond donors (Lipinski definition) is 0. The number of unbranched alkanes of at least 4 members (excludes halogenated alkanes) is 40. The Morgan fingerprint density at radius 3 is 0.648 bits per heavy atom. The van der Waals surface area contributed by atoms with Crippen molar-refractivity contribution in [2.45, 2.75) is 309 Å². The van der Waals surface area contributed by atoms with Crippen molar-refractivity contribution in [3.8, 4) is 0 Å². The fraction of sp³-hybridized carbons (Fsp3) is 0.962. The molecule has 0 aromatic carbocycles. The van der Waals surface area contributed by atoms with Gasteiger partial charge in [0.2, 0.25) is 0 Å². The first kappa shape index (κ1) is 51.4. The summed E-state index contributed by atoms with van der Waals surface area (Å²) in [5.41, 5.74) is 0. The summed E-state index contributed by atoms with van der Waals surface area (Å²) < 4.78 is 0. The molecule has 2 heteroatoms. The average molecular weight is 757 g/mol. The minimum Gasteiger partial charge on any atom is -0.356 e. The number of rotatable bonds is 46. The van der Waals surface area contributed by atoms with E-state index >= 15 is 0 Å². The fourth-order valence-electron chi connectivity index (χ4n) is 9.02. The predicted molar refractivity (Wildman–Crippen MR) is 247 cm³/mol. The molecule has 0 saturated heterocycles. The second-order valence-corrected chi connectivity index (χ2v) is 18.2. The van der Waals surface area contributed by atoms with Gasteiger partial charge in [0, 0.05) is 25.5 Å². The third-order valence-corrected chi connectivity index (χ3v) is 12.8. The molecule has 54 heavy (non-hydrogen) atoms. The van der Waals surface area contributed by atoms with Gasteiger partial charge in [0.15, 0.2) is 0 Å². The standard InChI is InChI=1S/C52H104N2/c1-4-7-10-13-16-19-22-25-26-27-28-31-34-37-40-43-46-49-54-51-50-53(48-45-42-39-36-33-30-24-21-18-15-12-9-6-3)52(54)47-44-41-38-35-32-29-23-20-17-14-11-8-5-2/h50-52H,4-49H2,1-3H3. The van der Waals surface area contributed by atoms with Crippen LogP contribution in [0.4, 0.5) is 0 Å². The van der Waals surface area contributed by atoms with Crippen LogP contribution in [-0.4, -0.2) is 29.1 Å². The molecule has 0 N–H and O–H groups in total. The molecule has 0 fully saturated rings. The summed E-state index contributed by atoms with van der Waals surface area (Å²) in [4.78, 5) is 5.49. The van der Waals surface area contributed by atoms with Crippen molar-refractivity contribution in [2.75, 3.05) is 13.1 Å². The largest absolute Gasteiger partial charge is 0.356 e. The zero-order valence-corrected chi connectivity index (χ0v) is 38.2. The lowest BCUT2D eigenvalue weighted by Crippen LogP contribution is -2.39. The molecule has 0 radical (unpaired) electrons. The molecule has 0 aromatic rings. The molecule has 0 spiro atoms. The van der Waals surface area contributed by atoms with Gasteiger partial charge in [0.25, 0.3) is 0 Å². The first-order chi connectivity index (χ1) is 26.8. The molecule has 0 aliphatic carbocycles. The molecule has 322 valence electrons. The third-order valence-electron chi connectivity index (χ3n) is 12.8. The van der Waals surface area contributed by atoms with Crippen LogP contribution in [0, 0.1) is 0 Å². The van der Waals surface area contributed by atoms with Gasteiger partial charge in [0.1, 0.15) is 6.17 Å². The molecule has 1 aliphatic rings. The maximum atomic E-state index is 2.74. The normalized spacial score (nSPS) is 14.3. The minimum atomic E-state index is 0.635. The Hall–Kier alpha value is -0.660. The van der Waals surface area contributed by atoms with Crippen molar-refractivity contribution in [3.63, 3.8) is 0 Å². The molecule has 0 bridgehead atoms. The first-order valence-electron chi connectivity index (χ1n) is 26.0. The van der Waals surface area contributed by atoms with E-state index in [-0.39, 0.29) is 0 Å². The van der Waals surface area contributed by atoms with E-state index in [1.54, 1.807) is 0 Å². The quantitative estimate of drug-likeness (QED) is 0.0571. The van der Waals surface area contributed by atoms with Crippen LogP contribution in [0.5, 0.6) is 0 Å².